The van der Waals surface area contributed by atoms with Crippen LogP contribution in [0, 0.1) is 0 Å². The van der Waals surface area contributed by atoms with Gasteiger partial charge in [0, 0.05) is 18.4 Å². The van der Waals surface area contributed by atoms with Gasteiger partial charge in [-0.1, -0.05) is 24.3 Å². The molecule has 13 heavy (non-hydrogen) atoms. The molecule has 1 aromatic rings. The molecule has 0 amide bonds. The number of fused-ring (bicyclic) bond motifs is 1. The summed E-state index contributed by atoms with van der Waals surface area (Å²) in [7, 11) is 2.93. The van der Waals surface area contributed by atoms with E-state index >= 15 is 0 Å². The van der Waals surface area contributed by atoms with Gasteiger partial charge in [-0.05, 0) is 25.0 Å². The Labute approximate surface area is 82.3 Å². The molecule has 1 aliphatic rings. The van der Waals surface area contributed by atoms with Crippen molar-refractivity contribution < 1.29 is 0 Å². The summed E-state index contributed by atoms with van der Waals surface area (Å²) >= 11 is 0. The van der Waals surface area contributed by atoms with Crippen molar-refractivity contribution >= 4 is 9.24 Å². The largest absolute Gasteiger partial charge is 0.286 e. The zero-order valence-corrected chi connectivity index (χ0v) is 9.35. The second kappa shape index (κ2) is 3.40. The number of hydrogen-bond acceptors (Lipinski definition) is 1. The highest BCUT2D eigenvalue weighted by atomic mass is 31.0. The van der Waals surface area contributed by atoms with Crippen LogP contribution in [0.15, 0.2) is 24.3 Å². The highest BCUT2D eigenvalue weighted by Crippen LogP contribution is 2.38. The van der Waals surface area contributed by atoms with Crippen LogP contribution in [-0.2, 0) is 6.54 Å². The average molecular weight is 193 g/mol. The maximum atomic E-state index is 2.93. The lowest BCUT2D eigenvalue weighted by atomic mass is 10.1. The number of rotatable bonds is 1. The smallest absolute Gasteiger partial charge is 0.0498 e. The van der Waals surface area contributed by atoms with Crippen LogP contribution in [0.3, 0.4) is 0 Å². The summed E-state index contributed by atoms with van der Waals surface area (Å²) in [5.41, 5.74) is 2.96. The molecule has 0 fully saturated rings. The zero-order chi connectivity index (χ0) is 9.42. The molecule has 0 aliphatic carbocycles. The quantitative estimate of drug-likeness (QED) is 0.620. The number of hydrogen-bond donors (Lipinski definition) is 0. The van der Waals surface area contributed by atoms with Crippen LogP contribution < -0.4 is 0 Å². The molecule has 2 atom stereocenters. The van der Waals surface area contributed by atoms with Gasteiger partial charge in [-0.25, -0.2) is 0 Å². The Bertz CT molecular complexity index is 309. The molecule has 0 bridgehead atoms. The predicted molar refractivity (Wildman–Crippen MR) is 59.6 cm³/mol. The van der Waals surface area contributed by atoms with Crippen LogP contribution in [0.1, 0.15) is 30.8 Å². The summed E-state index contributed by atoms with van der Waals surface area (Å²) in [5.74, 6) is 0.510. The second-order valence-corrected chi connectivity index (χ2v) is 4.54. The standard InChI is InChI=1S/C11H16NP/c1-8(2)12-7-9-5-3-4-6-10(9)11(12)13/h3-6,8,11H,7,13H2,1-2H3. The Morgan fingerprint density at radius 3 is 2.69 bits per heavy atom. The van der Waals surface area contributed by atoms with Crippen LogP contribution in [-0.4, -0.2) is 10.9 Å². The van der Waals surface area contributed by atoms with Crippen LogP contribution in [0.4, 0.5) is 0 Å². The third-order valence-electron chi connectivity index (χ3n) is 2.75. The van der Waals surface area contributed by atoms with Gasteiger partial charge in [0.05, 0.1) is 0 Å². The van der Waals surface area contributed by atoms with Crippen molar-refractivity contribution in [1.29, 1.82) is 0 Å². The van der Waals surface area contributed by atoms with Crippen LogP contribution in [0.2, 0.25) is 0 Å². The van der Waals surface area contributed by atoms with E-state index in [1.807, 2.05) is 0 Å². The van der Waals surface area contributed by atoms with E-state index in [0.29, 0.717) is 11.8 Å². The second-order valence-electron chi connectivity index (χ2n) is 3.91. The Hall–Kier alpha value is -0.390. The van der Waals surface area contributed by atoms with Crippen molar-refractivity contribution in [2.45, 2.75) is 32.2 Å². The first-order valence-corrected chi connectivity index (χ1v) is 5.46. The van der Waals surface area contributed by atoms with E-state index in [2.05, 4.69) is 52.3 Å². The Morgan fingerprint density at radius 1 is 1.38 bits per heavy atom. The highest BCUT2D eigenvalue weighted by Gasteiger charge is 2.27. The Kier molecular flexibility index (Phi) is 2.40. The minimum atomic E-state index is 0.510. The molecule has 70 valence electrons. The third kappa shape index (κ3) is 1.51. The minimum Gasteiger partial charge on any atom is -0.286 e. The van der Waals surface area contributed by atoms with E-state index in [0.717, 1.165) is 6.54 Å². The summed E-state index contributed by atoms with van der Waals surface area (Å²) in [4.78, 5) is 2.50. The predicted octanol–water partition coefficient (Wildman–Crippen LogP) is 2.78. The molecule has 2 unspecified atom stereocenters. The molecule has 0 saturated heterocycles. The molecule has 0 spiro atoms. The zero-order valence-electron chi connectivity index (χ0n) is 8.20. The molecule has 1 aromatic carbocycles. The molecule has 0 aromatic heterocycles. The van der Waals surface area contributed by atoms with Gasteiger partial charge in [0.2, 0.25) is 0 Å². The van der Waals surface area contributed by atoms with Crippen LogP contribution in [0.5, 0.6) is 0 Å². The fourth-order valence-corrected chi connectivity index (χ4v) is 2.72. The third-order valence-corrected chi connectivity index (χ3v) is 3.49. The normalized spacial score (nSPS) is 22.3. The molecule has 0 radical (unpaired) electrons. The van der Waals surface area contributed by atoms with E-state index in [9.17, 15) is 0 Å². The maximum Gasteiger partial charge on any atom is 0.0498 e. The van der Waals surface area contributed by atoms with E-state index < -0.39 is 0 Å². The topological polar surface area (TPSA) is 3.24 Å². The number of benzene rings is 1. The van der Waals surface area contributed by atoms with Crippen LogP contribution >= 0.6 is 9.24 Å². The molecule has 2 heteroatoms. The van der Waals surface area contributed by atoms with E-state index in [-0.39, 0.29) is 0 Å². The SMILES string of the molecule is CC(C)N1Cc2ccccc2C1P. The van der Waals surface area contributed by atoms with Gasteiger partial charge in [-0.2, -0.15) is 0 Å². The monoisotopic (exact) mass is 193 g/mol. The van der Waals surface area contributed by atoms with Crippen molar-refractivity contribution in [1.82, 2.24) is 4.90 Å². The summed E-state index contributed by atoms with van der Waals surface area (Å²) < 4.78 is 0. The molecular formula is C11H16NP. The molecule has 1 nitrogen and oxygen atoms in total. The van der Waals surface area contributed by atoms with Gasteiger partial charge in [0.1, 0.15) is 0 Å². The first kappa shape index (κ1) is 9.18. The lowest BCUT2D eigenvalue weighted by molar-refractivity contribution is 0.220. The minimum absolute atomic E-state index is 0.510. The van der Waals surface area contributed by atoms with Crippen molar-refractivity contribution in [3.8, 4) is 0 Å². The lowest BCUT2D eigenvalue weighted by Gasteiger charge is -2.25. The first-order valence-electron chi connectivity index (χ1n) is 4.79. The molecule has 0 saturated carbocycles. The molecule has 0 N–H and O–H groups in total. The van der Waals surface area contributed by atoms with E-state index in [4.69, 9.17) is 0 Å². The summed E-state index contributed by atoms with van der Waals surface area (Å²) in [6, 6.07) is 9.33. The Balaban J connectivity index is 2.32. The lowest BCUT2D eigenvalue weighted by Crippen LogP contribution is -2.26. The van der Waals surface area contributed by atoms with Crippen molar-refractivity contribution in [3.63, 3.8) is 0 Å². The van der Waals surface area contributed by atoms with Gasteiger partial charge in [-0.3, -0.25) is 4.90 Å². The van der Waals surface area contributed by atoms with Gasteiger partial charge < -0.3 is 0 Å². The van der Waals surface area contributed by atoms with Crippen molar-refractivity contribution in [2.75, 3.05) is 0 Å². The fraction of sp³-hybridized carbons (Fsp3) is 0.455. The van der Waals surface area contributed by atoms with E-state index in [1.54, 1.807) is 0 Å². The maximum absolute atomic E-state index is 2.93. The van der Waals surface area contributed by atoms with E-state index in [1.165, 1.54) is 11.1 Å². The highest BCUT2D eigenvalue weighted by molar-refractivity contribution is 7.17. The van der Waals surface area contributed by atoms with Crippen molar-refractivity contribution in [2.24, 2.45) is 0 Å². The molecule has 1 aliphatic heterocycles. The Morgan fingerprint density at radius 2 is 2.08 bits per heavy atom. The van der Waals surface area contributed by atoms with Crippen molar-refractivity contribution in [3.05, 3.63) is 35.4 Å². The average Bonchev–Trinajstić information content (AvgIpc) is 2.45. The number of nitrogens with zero attached hydrogens (tertiary/aromatic N) is 1. The fourth-order valence-electron chi connectivity index (χ4n) is 1.94. The summed E-state index contributed by atoms with van der Waals surface area (Å²) in [5, 5.41) is 0. The molecular weight excluding hydrogens is 177 g/mol. The molecule has 2 rings (SSSR count). The van der Waals surface area contributed by atoms with Gasteiger partial charge in [-0.15, -0.1) is 9.24 Å². The van der Waals surface area contributed by atoms with Crippen LogP contribution in [0.25, 0.3) is 0 Å². The summed E-state index contributed by atoms with van der Waals surface area (Å²) in [6.07, 6.45) is 0. The first-order chi connectivity index (χ1) is 6.20. The van der Waals surface area contributed by atoms with Gasteiger partial charge in [0.25, 0.3) is 0 Å². The van der Waals surface area contributed by atoms with Gasteiger partial charge >= 0.3 is 0 Å². The molecule has 1 heterocycles. The summed E-state index contributed by atoms with van der Waals surface area (Å²) in [6.45, 7) is 5.61. The van der Waals surface area contributed by atoms with Gasteiger partial charge in [0.15, 0.2) is 0 Å².